The minimum absolute atomic E-state index is 0.0103. The number of nitro benzene ring substituents is 3. The van der Waals surface area contributed by atoms with Crippen LogP contribution in [-0.4, -0.2) is 185 Å². The molecule has 6 rings (SSSR count). The summed E-state index contributed by atoms with van der Waals surface area (Å²) < 4.78 is 166. The van der Waals surface area contributed by atoms with Crippen LogP contribution in [0.4, 0.5) is 43.4 Å². The molecule has 39 heteroatoms. The number of ether oxygens (including phenoxy) is 3. The molecule has 3 atom stereocenters. The van der Waals surface area contributed by atoms with Crippen LogP contribution in [-0.2, 0) is 46.7 Å². The number of ketones is 1. The summed E-state index contributed by atoms with van der Waals surface area (Å²) in [5.41, 5.74) is -11.7. The van der Waals surface area contributed by atoms with Crippen molar-refractivity contribution in [3.63, 3.8) is 0 Å². The Hall–Kier alpha value is -7.57. The van der Waals surface area contributed by atoms with Crippen LogP contribution in [0.15, 0.2) is 60.1 Å². The number of likely N-dealkylation sites (tertiary alicyclic amines) is 1. The smallest absolute Gasteiger partial charge is 0.496 e. The molecule has 28 nitrogen and oxygen atoms in total. The summed E-state index contributed by atoms with van der Waals surface area (Å²) in [5, 5.41) is 34.4. The number of halogens is 6. The number of carbonyl (C=O) groups excluding carboxylic acids is 4. The first-order chi connectivity index (χ1) is 47.2. The number of aryl methyl sites for hydroxylation is 3. The van der Waals surface area contributed by atoms with Crippen LogP contribution in [0.25, 0.3) is 0 Å². The quantitative estimate of drug-likeness (QED) is 0.0225. The number of piperidine rings is 1. The molecule has 0 aromatic heterocycles. The van der Waals surface area contributed by atoms with E-state index < -0.39 is 136 Å². The minimum atomic E-state index is -5.92. The fraction of sp³-hybridized carbons (Fsp3) is 0.600. The number of nitrogens with zero attached hydrogens (tertiary/aromatic N) is 6. The van der Waals surface area contributed by atoms with Gasteiger partial charge in [0.15, 0.2) is 25.0 Å². The standard InChI is InChI=1S/2C22H31F3N2O8SSi.C21H32N2O6Si/c2*1-14-10-18(27(29)30)17(12-19(14)33-5)20(28)26-9-8-16(35-36(31,32)22(23,24)25)11-15(26)13-34-37(6,7)21(2,3)4;1-14-10-18(23(26)27)17(12-19(14)28-5)20(25)22-9-8-16(24)11-15(22)13-29-30(6,7)21(2,3)4/h10-12,15H,8-9,13H2,1-7H3;8,10,12,15H,9,11,13H2,1-7H3;10,12,15H,8-9,11,13H2,1-7H3/t3*15-/m000/s1. The second-order valence-corrected chi connectivity index (χ2v) is 47.1. The lowest BCUT2D eigenvalue weighted by Gasteiger charge is -2.40. The maximum atomic E-state index is 13.5. The van der Waals surface area contributed by atoms with Gasteiger partial charge >= 0.3 is 31.3 Å². The molecule has 3 aliphatic rings. The zero-order valence-corrected chi connectivity index (χ0v) is 66.8. The van der Waals surface area contributed by atoms with E-state index in [9.17, 15) is 92.7 Å². The van der Waals surface area contributed by atoms with Gasteiger partial charge in [0.05, 0.1) is 74.0 Å². The van der Waals surface area contributed by atoms with Crippen molar-refractivity contribution in [2.24, 2.45) is 0 Å². The van der Waals surface area contributed by atoms with E-state index in [0.29, 0.717) is 22.4 Å². The number of amides is 3. The highest BCUT2D eigenvalue weighted by Gasteiger charge is 2.52. The molecular formula is C65H94F6N6O22S2Si3. The van der Waals surface area contributed by atoms with Gasteiger partial charge in [-0.3, -0.25) is 49.5 Å². The number of rotatable bonds is 22. The van der Waals surface area contributed by atoms with Crippen LogP contribution in [0.1, 0.15) is 136 Å². The SMILES string of the molecule is COc1cc(C(=O)N2CC=C(OS(=O)(=O)C(F)(F)F)C[C@H]2CO[Si](C)(C)C(C)(C)C)c([N+](=O)[O-])cc1C.COc1cc(C(=O)N2CCC(=O)C[C@H]2CO[Si](C)(C)C(C)(C)C)c([N+](=O)[O-])cc1C.COc1cc(C(=O)N2CCC(OS(=O)(=O)C(F)(F)F)=C[C@H]2CO[Si](C)(C)C(C)(C)C)c([N+](=O)[O-])cc1C. The van der Waals surface area contributed by atoms with Gasteiger partial charge in [-0.15, -0.1) is 0 Å². The first kappa shape index (κ1) is 88.8. The topological polar surface area (TPSA) is 350 Å². The zero-order valence-electron chi connectivity index (χ0n) is 62.2. The van der Waals surface area contributed by atoms with Crippen molar-refractivity contribution in [3.8, 4) is 17.2 Å². The van der Waals surface area contributed by atoms with Crippen LogP contribution in [0.5, 0.6) is 17.2 Å². The fourth-order valence-electron chi connectivity index (χ4n) is 9.84. The lowest BCUT2D eigenvalue weighted by atomic mass is 9.99. The van der Waals surface area contributed by atoms with Crippen molar-refractivity contribution >= 4 is 85.8 Å². The van der Waals surface area contributed by atoms with Gasteiger partial charge in [-0.2, -0.15) is 43.2 Å². The van der Waals surface area contributed by atoms with Gasteiger partial charge in [0.2, 0.25) is 0 Å². The van der Waals surface area contributed by atoms with E-state index in [1.807, 2.05) is 67.7 Å². The molecule has 0 radical (unpaired) electrons. The summed E-state index contributed by atoms with van der Waals surface area (Å²) in [4.78, 5) is 89.4. The highest BCUT2D eigenvalue weighted by atomic mass is 32.2. The third kappa shape index (κ3) is 21.8. The van der Waals surface area contributed by atoms with Crippen molar-refractivity contribution < 1.29 is 113 Å². The largest absolute Gasteiger partial charge is 0.534 e. The molecule has 3 aliphatic heterocycles. The van der Waals surface area contributed by atoms with Crippen molar-refractivity contribution in [1.82, 2.24) is 14.7 Å². The van der Waals surface area contributed by atoms with E-state index >= 15 is 0 Å². The molecular weight excluding hydrogens is 1480 g/mol. The van der Waals surface area contributed by atoms with Gasteiger partial charge in [-0.25, -0.2) is 0 Å². The maximum Gasteiger partial charge on any atom is 0.534 e. The predicted molar refractivity (Wildman–Crippen MR) is 379 cm³/mol. The van der Waals surface area contributed by atoms with Gasteiger partial charge in [-0.1, -0.05) is 62.3 Å². The summed E-state index contributed by atoms with van der Waals surface area (Å²) in [7, 11) is -14.6. The Morgan fingerprint density at radius 3 is 1.15 bits per heavy atom. The zero-order chi connectivity index (χ0) is 80.0. The Morgan fingerprint density at radius 2 is 0.817 bits per heavy atom. The third-order valence-electron chi connectivity index (χ3n) is 19.2. The van der Waals surface area contributed by atoms with E-state index in [1.165, 1.54) is 67.5 Å². The minimum Gasteiger partial charge on any atom is -0.496 e. The Morgan fingerprint density at radius 1 is 0.500 bits per heavy atom. The summed E-state index contributed by atoms with van der Waals surface area (Å²) in [6, 6.07) is 5.14. The molecule has 104 heavy (non-hydrogen) atoms. The van der Waals surface area contributed by atoms with Crippen molar-refractivity contribution in [1.29, 1.82) is 0 Å². The molecule has 0 bridgehead atoms. The Bertz CT molecular complexity index is 3960. The molecule has 3 heterocycles. The average Bonchev–Trinajstić information content (AvgIpc) is 0.789. The molecule has 1 fully saturated rings. The number of Topliss-reactive ketones (excluding diaryl/α,β-unsaturated/α-hetero) is 1. The maximum absolute atomic E-state index is 13.5. The van der Waals surface area contributed by atoms with E-state index in [2.05, 4.69) is 42.2 Å². The van der Waals surface area contributed by atoms with Gasteiger partial charge in [-0.05, 0) is 104 Å². The summed E-state index contributed by atoms with van der Waals surface area (Å²) in [6.07, 6.45) is 1.76. The molecule has 0 saturated carbocycles. The lowest BCUT2D eigenvalue weighted by Crippen LogP contribution is -2.51. The van der Waals surface area contributed by atoms with Crippen LogP contribution in [0.3, 0.4) is 0 Å². The van der Waals surface area contributed by atoms with Crippen molar-refractivity contribution in [3.05, 3.63) is 124 Å². The lowest BCUT2D eigenvalue weighted by molar-refractivity contribution is -0.385. The highest BCUT2D eigenvalue weighted by Crippen LogP contribution is 2.42. The number of benzene rings is 3. The highest BCUT2D eigenvalue weighted by molar-refractivity contribution is 7.88. The number of alkyl halides is 6. The molecule has 0 spiro atoms. The Labute approximate surface area is 604 Å². The Balaban J connectivity index is 0.000000332. The number of nitro groups is 3. The van der Waals surface area contributed by atoms with Gasteiger partial charge in [0.1, 0.15) is 51.2 Å². The molecule has 1 saturated heterocycles. The number of hydrogen-bond acceptors (Lipinski definition) is 22. The van der Waals surface area contributed by atoms with Gasteiger partial charge in [0, 0.05) is 81.7 Å². The second-order valence-electron chi connectivity index (χ2n) is 29.5. The summed E-state index contributed by atoms with van der Waals surface area (Å²) in [5.74, 6) is -2.11. The van der Waals surface area contributed by atoms with E-state index in [-0.39, 0.29) is 113 Å². The first-order valence-electron chi connectivity index (χ1n) is 32.5. The molecule has 0 N–H and O–H groups in total. The monoisotopic (exact) mass is 1570 g/mol. The Kier molecular flexibility index (Phi) is 28.6. The first-order valence-corrected chi connectivity index (χ1v) is 44.0. The van der Waals surface area contributed by atoms with Gasteiger partial charge in [0.25, 0.3) is 34.8 Å². The number of hydrogen-bond donors (Lipinski definition) is 0. The number of methoxy groups -OCH3 is 3. The molecule has 3 amide bonds. The fourth-order valence-corrected chi connectivity index (χ4v) is 14.0. The third-order valence-corrected chi connectivity index (χ3v) is 34.7. The summed E-state index contributed by atoms with van der Waals surface area (Å²) in [6.45, 7) is 34.4. The van der Waals surface area contributed by atoms with Gasteiger partial charge < -0.3 is 50.6 Å². The van der Waals surface area contributed by atoms with E-state index in [0.717, 1.165) is 12.2 Å². The normalized spacial score (nSPS) is 17.4. The second kappa shape index (κ2) is 33.5. The number of carbonyl (C=O) groups is 4. The van der Waals surface area contributed by atoms with E-state index in [4.69, 9.17) is 27.5 Å². The van der Waals surface area contributed by atoms with Crippen molar-refractivity contribution in [2.45, 2.75) is 192 Å². The molecule has 0 aliphatic carbocycles. The van der Waals surface area contributed by atoms with Crippen LogP contribution < -0.4 is 14.2 Å². The molecule has 582 valence electrons. The van der Waals surface area contributed by atoms with Crippen LogP contribution in [0.2, 0.25) is 54.4 Å². The van der Waals surface area contributed by atoms with E-state index in [1.54, 1.807) is 25.7 Å². The summed E-state index contributed by atoms with van der Waals surface area (Å²) >= 11 is 0. The predicted octanol–water partition coefficient (Wildman–Crippen LogP) is 13.9. The average molecular weight is 1570 g/mol. The van der Waals surface area contributed by atoms with Crippen LogP contribution in [0, 0.1) is 51.1 Å². The van der Waals surface area contributed by atoms with Crippen molar-refractivity contribution in [2.75, 3.05) is 60.8 Å². The molecule has 0 unspecified atom stereocenters. The van der Waals surface area contributed by atoms with Crippen LogP contribution >= 0.6 is 0 Å². The molecule has 3 aromatic carbocycles. The molecule has 3 aromatic rings.